The molecule has 0 aromatic carbocycles. The maximum absolute atomic E-state index is 14.3. The summed E-state index contributed by atoms with van der Waals surface area (Å²) in [6, 6.07) is 0.839. The van der Waals surface area contributed by atoms with Gasteiger partial charge in [-0.25, -0.2) is 4.98 Å². The topological polar surface area (TPSA) is 172 Å². The van der Waals surface area contributed by atoms with Gasteiger partial charge in [-0.1, -0.05) is 13.2 Å². The predicted molar refractivity (Wildman–Crippen MR) is 184 cm³/mol. The van der Waals surface area contributed by atoms with E-state index in [1.54, 1.807) is 36.4 Å². The minimum Gasteiger partial charge on any atom is -0.391 e. The Morgan fingerprint density at radius 3 is 2.61 bits per heavy atom. The van der Waals surface area contributed by atoms with Gasteiger partial charge in [-0.15, -0.1) is 0 Å². The van der Waals surface area contributed by atoms with Crippen LogP contribution in [0, 0.1) is 6.92 Å². The molecule has 3 aliphatic rings. The van der Waals surface area contributed by atoms with Gasteiger partial charge in [-0.2, -0.15) is 0 Å². The molecule has 5 rings (SSSR count). The largest absolute Gasteiger partial charge is 0.391 e. The SMILES string of the molecule is C=Cc1nc2c(c3c1C(=C)CCC3N(C)C(=O)C1(OCNC(=O)CNC(=O)C([CH2][Pb])NC(=O)CC)CCC1)Cn1c-2cc(C)c(CO)c1=O. The average Bonchev–Trinajstić information content (AvgIpc) is 3.44. The molecule has 259 valence electrons. The van der Waals surface area contributed by atoms with E-state index in [9.17, 15) is 29.1 Å². The second-order valence-electron chi connectivity index (χ2n) is 12.8. The minimum atomic E-state index is -1.12. The average molecular weight is 867 g/mol. The number of ether oxygens (including phenoxy) is 1. The number of rotatable bonds is 13. The summed E-state index contributed by atoms with van der Waals surface area (Å²) in [6.45, 7) is 11.2. The number of nitrogens with one attached hydrogen (secondary N) is 3. The van der Waals surface area contributed by atoms with E-state index < -0.39 is 23.5 Å². The second kappa shape index (κ2) is 15.0. The molecule has 2 aliphatic carbocycles. The van der Waals surface area contributed by atoms with Gasteiger partial charge in [0.2, 0.25) is 0 Å². The molecule has 49 heavy (non-hydrogen) atoms. The molecule has 4 N–H and O–H groups in total. The van der Waals surface area contributed by atoms with E-state index in [0.29, 0.717) is 83.6 Å². The molecule has 2 aromatic rings. The molecule has 0 spiro atoms. The summed E-state index contributed by atoms with van der Waals surface area (Å²) in [6.07, 6.45) is 4.96. The zero-order valence-corrected chi connectivity index (χ0v) is 32.1. The fraction of sp³-hybridized carbons (Fsp3) is 0.486. The van der Waals surface area contributed by atoms with Crippen molar-refractivity contribution in [2.24, 2.45) is 0 Å². The number of fused-ring (bicyclic) bond motifs is 5. The molecular weight excluding hydrogens is 824 g/mol. The summed E-state index contributed by atoms with van der Waals surface area (Å²) in [4.78, 5) is 71.0. The molecule has 13 nitrogen and oxygen atoms in total. The number of aromatic nitrogens is 2. The van der Waals surface area contributed by atoms with Crippen LogP contribution in [0.15, 0.2) is 24.0 Å². The standard InChI is InChI=1S/C35H43N6O7.Pb/c1-7-24-29-19(3)10-11-25(30(29)22-16-41-26(31(22)39-24)14-20(4)23(17-42)33(41)46)40(6)34(47)35(12-9-13-35)48-18-37-28(44)15-36-32(45)21(5)38-27(43)8-2;/h7,14,21,25,42H,1,3,5,8-13,15-18H2,2,4,6H3,(H,36,45)(H,37,44)(H,38,43);. The van der Waals surface area contributed by atoms with Gasteiger partial charge in [0.15, 0.2) is 0 Å². The van der Waals surface area contributed by atoms with E-state index in [2.05, 4.69) is 29.1 Å². The second-order valence-corrected chi connectivity index (χ2v) is 14.4. The molecule has 1 aliphatic heterocycles. The van der Waals surface area contributed by atoms with Crippen LogP contribution in [0.1, 0.15) is 85.0 Å². The molecule has 2 atom stereocenters. The molecule has 3 heterocycles. The summed E-state index contributed by atoms with van der Waals surface area (Å²) in [5.74, 6) is -1.34. The molecule has 4 amide bonds. The Morgan fingerprint density at radius 2 is 2.00 bits per heavy atom. The monoisotopic (exact) mass is 867 g/mol. The van der Waals surface area contributed by atoms with Gasteiger partial charge in [0.25, 0.3) is 5.56 Å². The van der Waals surface area contributed by atoms with Crippen LogP contribution >= 0.6 is 0 Å². The van der Waals surface area contributed by atoms with Gasteiger partial charge in [0.1, 0.15) is 0 Å². The molecule has 3 radical (unpaired) electrons. The fourth-order valence-corrected chi connectivity index (χ4v) is 8.01. The van der Waals surface area contributed by atoms with Crippen molar-refractivity contribution >= 4 is 61.0 Å². The minimum absolute atomic E-state index is 0.205. The molecular formula is C35H43N6O7Pb. The number of pyridine rings is 2. The van der Waals surface area contributed by atoms with Crippen molar-refractivity contribution in [2.75, 3.05) is 20.3 Å². The Labute approximate surface area is 301 Å². The van der Waals surface area contributed by atoms with Gasteiger partial charge in [-0.3, -0.25) is 4.79 Å². The molecule has 14 heteroatoms. The molecule has 0 saturated heterocycles. The molecule has 0 bridgehead atoms. The Morgan fingerprint density at radius 1 is 1.27 bits per heavy atom. The summed E-state index contributed by atoms with van der Waals surface area (Å²) >= 11 is 0.701. The van der Waals surface area contributed by atoms with Crippen LogP contribution in [-0.2, 0) is 37.1 Å². The number of hydrogen-bond acceptors (Lipinski definition) is 8. The van der Waals surface area contributed by atoms with E-state index in [0.717, 1.165) is 28.7 Å². The Kier molecular flexibility index (Phi) is 11.2. The number of hydrogen-bond donors (Lipinski definition) is 4. The number of aryl methyl sites for hydroxylation is 1. The molecule has 2 unspecified atom stereocenters. The number of carbonyl (C=O) groups is 4. The Bertz CT molecular complexity index is 1780. The van der Waals surface area contributed by atoms with Crippen molar-refractivity contribution in [3.63, 3.8) is 0 Å². The van der Waals surface area contributed by atoms with Gasteiger partial charge in [0.05, 0.1) is 36.3 Å². The van der Waals surface area contributed by atoms with Crippen LogP contribution in [0.2, 0.25) is 3.98 Å². The number of amides is 4. The first kappa shape index (κ1) is 36.6. The summed E-state index contributed by atoms with van der Waals surface area (Å²) < 4.78 is 8.25. The van der Waals surface area contributed by atoms with Gasteiger partial charge in [0, 0.05) is 23.7 Å². The summed E-state index contributed by atoms with van der Waals surface area (Å²) in [7, 11) is 1.76. The normalized spacial score (nSPS) is 17.5. The van der Waals surface area contributed by atoms with Crippen LogP contribution in [0.3, 0.4) is 0 Å². The molecule has 2 aromatic heterocycles. The van der Waals surface area contributed by atoms with E-state index >= 15 is 0 Å². The Balaban J connectivity index is 1.33. The Hall–Kier alpha value is -3.70. The number of aliphatic hydroxyl groups excluding tert-OH is 1. The zero-order chi connectivity index (χ0) is 35.6. The third kappa shape index (κ3) is 6.89. The number of nitrogens with zero attached hydrogens (tertiary/aromatic N) is 3. The van der Waals surface area contributed by atoms with Gasteiger partial charge >= 0.3 is 156 Å². The van der Waals surface area contributed by atoms with Crippen LogP contribution in [0.5, 0.6) is 0 Å². The quantitative estimate of drug-likeness (QED) is 0.149. The third-order valence-electron chi connectivity index (χ3n) is 9.87. The van der Waals surface area contributed by atoms with E-state index in [1.165, 1.54) is 0 Å². The van der Waals surface area contributed by atoms with Crippen molar-refractivity contribution in [2.45, 2.75) is 87.2 Å². The van der Waals surface area contributed by atoms with Crippen molar-refractivity contribution in [1.29, 1.82) is 0 Å². The number of aliphatic hydroxyl groups is 1. The van der Waals surface area contributed by atoms with Crippen LogP contribution in [-0.4, -0.2) is 101 Å². The predicted octanol–water partition coefficient (Wildman–Crippen LogP) is 1.63. The smallest absolute Gasteiger partial charge is 0.257 e. The van der Waals surface area contributed by atoms with Crippen LogP contribution in [0.25, 0.3) is 23.0 Å². The first-order valence-corrected chi connectivity index (χ1v) is 19.3. The maximum Gasteiger partial charge on any atom is 0.257 e. The number of carbonyl (C=O) groups excluding carboxylic acids is 4. The van der Waals surface area contributed by atoms with Crippen molar-refractivity contribution in [1.82, 2.24) is 30.4 Å². The van der Waals surface area contributed by atoms with E-state index in [-0.39, 0.29) is 56.3 Å². The molecule has 1 saturated carbocycles. The van der Waals surface area contributed by atoms with Gasteiger partial charge < -0.3 is 9.67 Å². The van der Waals surface area contributed by atoms with E-state index in [1.807, 2.05) is 6.07 Å². The van der Waals surface area contributed by atoms with Crippen molar-refractivity contribution in [3.05, 3.63) is 63.1 Å². The molecule has 1 fully saturated rings. The first-order valence-electron chi connectivity index (χ1n) is 16.5. The van der Waals surface area contributed by atoms with Crippen molar-refractivity contribution in [3.8, 4) is 11.4 Å². The van der Waals surface area contributed by atoms with E-state index in [4.69, 9.17) is 9.72 Å². The number of allylic oxidation sites excluding steroid dienone is 1. The van der Waals surface area contributed by atoms with Gasteiger partial charge in [-0.05, 0) is 48.6 Å². The first-order chi connectivity index (χ1) is 23.4. The fourth-order valence-electron chi connectivity index (χ4n) is 6.90. The summed E-state index contributed by atoms with van der Waals surface area (Å²) in [5.41, 5.74) is 5.05. The van der Waals surface area contributed by atoms with Crippen LogP contribution in [0.4, 0.5) is 0 Å². The van der Waals surface area contributed by atoms with Crippen molar-refractivity contribution < 1.29 is 29.0 Å². The maximum atomic E-state index is 14.3. The summed E-state index contributed by atoms with van der Waals surface area (Å²) in [5, 5.41) is 17.7. The zero-order valence-electron chi connectivity index (χ0n) is 28.2. The van der Waals surface area contributed by atoms with Crippen LogP contribution < -0.4 is 21.5 Å². The third-order valence-corrected chi connectivity index (χ3v) is 11.5. The number of likely N-dealkylation sites (N-methyl/N-ethyl adjacent to an activating group) is 1.